The van der Waals surface area contributed by atoms with Gasteiger partial charge in [-0.05, 0) is 12.8 Å². The molecule has 0 heterocycles. The van der Waals surface area contributed by atoms with Gasteiger partial charge in [0.15, 0.2) is 0 Å². The molecule has 0 fully saturated rings. The van der Waals surface area contributed by atoms with Gasteiger partial charge in [-0.25, -0.2) is 5.57 Å². The first-order valence-corrected chi connectivity index (χ1v) is 9.88. The summed E-state index contributed by atoms with van der Waals surface area (Å²) in [5.74, 6) is 0.128. The molecule has 0 aliphatic heterocycles. The van der Waals surface area contributed by atoms with E-state index in [-0.39, 0.29) is 50.7 Å². The van der Waals surface area contributed by atoms with Gasteiger partial charge in [0.2, 0.25) is 0 Å². The molecule has 0 aromatic heterocycles. The second-order valence-corrected chi connectivity index (χ2v) is 6.41. The van der Waals surface area contributed by atoms with E-state index in [2.05, 4.69) is 53.8 Å². The number of unbranched alkanes of at least 4 members (excludes halogenated alkanes) is 2. The molecule has 1 unspecified atom stereocenters. The van der Waals surface area contributed by atoms with Gasteiger partial charge in [-0.3, -0.25) is 6.08 Å². The Balaban J connectivity index is -0.0000000726. The fourth-order valence-electron chi connectivity index (χ4n) is 1.70. The molecule has 1 N–H and O–H groups in total. The van der Waals surface area contributed by atoms with E-state index >= 15 is 0 Å². The maximum Gasteiger partial charge on any atom is 4.00 e. The fraction of sp³-hybridized carbons (Fsp3) is 0.706. The van der Waals surface area contributed by atoms with E-state index in [1.54, 1.807) is 0 Å². The predicted octanol–water partition coefficient (Wildman–Crippen LogP) is -0.608. The Morgan fingerprint density at radius 3 is 1.78 bits per heavy atom. The van der Waals surface area contributed by atoms with Crippen molar-refractivity contribution in [3.63, 3.8) is 0 Å². The average Bonchev–Trinajstić information content (AvgIpc) is 2.58. The van der Waals surface area contributed by atoms with Gasteiger partial charge in [-0.15, -0.1) is 6.92 Å². The Labute approximate surface area is 177 Å². The van der Waals surface area contributed by atoms with Gasteiger partial charge >= 0.3 is 25.8 Å². The first-order chi connectivity index (χ1) is 9.31. The van der Waals surface area contributed by atoms with Crippen molar-refractivity contribution in [2.75, 3.05) is 0 Å². The van der Waals surface area contributed by atoms with Crippen LogP contribution in [0.4, 0.5) is 0 Å². The van der Waals surface area contributed by atoms with Crippen molar-refractivity contribution in [2.24, 2.45) is 5.92 Å². The molecule has 1 rings (SSSR count). The molecule has 0 spiro atoms. The van der Waals surface area contributed by atoms with Crippen molar-refractivity contribution in [2.45, 2.75) is 73.4 Å². The number of carbonyl (C=O) groups is 1. The maximum absolute atomic E-state index is 9.99. The van der Waals surface area contributed by atoms with Crippen LogP contribution in [0.15, 0.2) is 16.7 Å². The first kappa shape index (κ1) is 34.9. The van der Waals surface area contributed by atoms with Gasteiger partial charge < -0.3 is 35.3 Å². The van der Waals surface area contributed by atoms with Crippen LogP contribution in [0, 0.1) is 12.0 Å². The van der Waals surface area contributed by atoms with Gasteiger partial charge in [-0.1, -0.05) is 59.5 Å². The van der Waals surface area contributed by atoms with Crippen LogP contribution in [0.1, 0.15) is 60.3 Å². The predicted molar refractivity (Wildman–Crippen MR) is 92.3 cm³/mol. The largest absolute Gasteiger partial charge is 4.00 e. The summed E-state index contributed by atoms with van der Waals surface area (Å²) in [6.45, 7) is 15.2. The number of halogens is 2. The number of hydrogen-bond donors (Lipinski definition) is 0. The number of carbonyl (C=O) groups excluding carboxylic acids is 1. The molecule has 1 radical (unpaired) electrons. The first-order valence-electron chi connectivity index (χ1n) is 7.57. The maximum atomic E-state index is 9.99. The summed E-state index contributed by atoms with van der Waals surface area (Å²) >= 11 is 0. The van der Waals surface area contributed by atoms with Crippen molar-refractivity contribution in [3.05, 3.63) is 28.5 Å². The van der Waals surface area contributed by atoms with E-state index < -0.39 is 5.91 Å². The zero-order chi connectivity index (χ0) is 16.1. The van der Waals surface area contributed by atoms with Crippen molar-refractivity contribution in [1.82, 2.24) is 0 Å². The van der Waals surface area contributed by atoms with E-state index in [0.29, 0.717) is 12.3 Å². The summed E-state index contributed by atoms with van der Waals surface area (Å²) in [4.78, 5) is 9.99. The van der Waals surface area contributed by atoms with Crippen molar-refractivity contribution in [3.8, 4) is 0 Å². The Kier molecular flexibility index (Phi) is 34.3. The Bertz CT molecular complexity index is 347. The quantitative estimate of drug-likeness (QED) is 0.265. The van der Waals surface area contributed by atoms with Crippen LogP contribution in [-0.4, -0.2) is 15.4 Å². The second-order valence-electron chi connectivity index (χ2n) is 5.26. The number of amides is 1. The topological polar surface area (TPSA) is 40.9 Å². The third kappa shape index (κ3) is 20.6. The van der Waals surface area contributed by atoms with Gasteiger partial charge in [0.25, 0.3) is 0 Å². The van der Waals surface area contributed by atoms with E-state index in [0.717, 1.165) is 28.8 Å². The summed E-state index contributed by atoms with van der Waals surface area (Å²) in [6, 6.07) is 0. The fourth-order valence-corrected chi connectivity index (χ4v) is 1.70. The minimum atomic E-state index is -0.432. The zero-order valence-corrected chi connectivity index (χ0v) is 21.9. The van der Waals surface area contributed by atoms with Crippen molar-refractivity contribution < 1.29 is 55.5 Å². The Morgan fingerprint density at radius 1 is 1.17 bits per heavy atom. The van der Waals surface area contributed by atoms with Crippen LogP contribution in [0.3, 0.4) is 0 Å². The van der Waals surface area contributed by atoms with E-state index in [1.165, 1.54) is 16.7 Å². The monoisotopic (exact) mass is 544 g/mol. The van der Waals surface area contributed by atoms with Crippen molar-refractivity contribution >= 4 is 15.4 Å². The molecule has 133 valence electrons. The third-order valence-corrected chi connectivity index (χ3v) is 3.24. The zero-order valence-electron chi connectivity index (χ0n) is 15.6. The van der Waals surface area contributed by atoms with Crippen LogP contribution in [0.5, 0.6) is 0 Å². The number of nitrogens with one attached hydrogen (secondary N) is 1. The molecule has 0 saturated heterocycles. The molecule has 1 amide bonds. The third-order valence-electron chi connectivity index (χ3n) is 3.24. The van der Waals surface area contributed by atoms with Gasteiger partial charge in [0, 0.05) is 15.4 Å². The van der Waals surface area contributed by atoms with Crippen LogP contribution in [-0.2, 0) is 30.6 Å². The van der Waals surface area contributed by atoms with Gasteiger partial charge in [-0.2, -0.15) is 11.1 Å². The molecule has 0 bridgehead atoms. The van der Waals surface area contributed by atoms with E-state index in [4.69, 9.17) is 5.73 Å². The van der Waals surface area contributed by atoms with Crippen LogP contribution in [0.25, 0.3) is 5.73 Å². The minimum Gasteiger partial charge on any atom is -1.00 e. The Hall–Kier alpha value is 0.617. The summed E-state index contributed by atoms with van der Waals surface area (Å²) in [5, 5.41) is 0. The van der Waals surface area contributed by atoms with Gasteiger partial charge in [0.05, 0.1) is 0 Å². The molecule has 6 heteroatoms. The molecular weight excluding hydrogens is 512 g/mol. The van der Waals surface area contributed by atoms with Crippen LogP contribution < -0.4 is 24.8 Å². The van der Waals surface area contributed by atoms with Crippen LogP contribution >= 0.6 is 0 Å². The molecule has 1 atom stereocenters. The summed E-state index contributed by atoms with van der Waals surface area (Å²) in [7, 11) is 0.750. The molecule has 0 aromatic rings. The second kappa shape index (κ2) is 22.6. The standard InChI is InChI=1S/C9H13.C6H13NO.C2H7Si.2ClH.Hf/c1-6-5-7(2)9(4)8(6)3;1-2-3-4-5-6(7)8;1-3-2;;;/h6H,1-4H3;2-5H2,1H3,(H2,7,8);3H,1-2H3;2*1H;/q-1;;;;;+4/p-3. The van der Waals surface area contributed by atoms with Gasteiger partial charge in [0.1, 0.15) is 0 Å². The average molecular weight is 544 g/mol. The smallest absolute Gasteiger partial charge is 1.00 e. The molecule has 23 heavy (non-hydrogen) atoms. The molecule has 2 nitrogen and oxygen atoms in total. The molecule has 1 aliphatic carbocycles. The number of rotatable bonds is 4. The molecule has 0 aromatic carbocycles. The molecule has 0 saturated carbocycles. The number of allylic oxidation sites excluding steroid dienone is 4. The summed E-state index contributed by atoms with van der Waals surface area (Å²) < 4.78 is 0. The van der Waals surface area contributed by atoms with E-state index in [1.807, 2.05) is 0 Å². The normalized spacial score (nSPS) is 14.6. The van der Waals surface area contributed by atoms with Crippen LogP contribution in [0.2, 0.25) is 13.1 Å². The summed E-state index contributed by atoms with van der Waals surface area (Å²) in [5.41, 5.74) is 10.8. The minimum absolute atomic E-state index is 0. The van der Waals surface area contributed by atoms with E-state index in [9.17, 15) is 4.79 Å². The molecular formula is C17H32Cl2HfNOSi. The summed E-state index contributed by atoms with van der Waals surface area (Å²) in [6.07, 6.45) is 6.88. The Morgan fingerprint density at radius 2 is 1.61 bits per heavy atom. The SMILES string of the molecule is CC1=[C-]C(C)C(C)=C1C.CCCCCC([NH-])=O.C[SiH]C.[Cl-].[Cl-].[Hf+4]. The number of hydrogen-bond acceptors (Lipinski definition) is 1. The van der Waals surface area contributed by atoms with Crippen molar-refractivity contribution in [1.29, 1.82) is 0 Å². The molecule has 1 aliphatic rings.